The molecular formula is C15H25NO5. The van der Waals surface area contributed by atoms with Crippen LogP contribution in [0.5, 0.6) is 0 Å². The molecule has 21 heavy (non-hydrogen) atoms. The van der Waals surface area contributed by atoms with E-state index in [1.165, 1.54) is 12.0 Å². The van der Waals surface area contributed by atoms with Gasteiger partial charge in [-0.25, -0.2) is 9.59 Å². The highest BCUT2D eigenvalue weighted by atomic mass is 16.6. The molecule has 0 spiro atoms. The SMILES string of the molecule is C=CCCOC1CC(C(=O)OC)N(C(=O)OC(C)(C)C)C1. The summed E-state index contributed by atoms with van der Waals surface area (Å²) in [6.45, 7) is 9.82. The molecule has 0 aromatic rings. The summed E-state index contributed by atoms with van der Waals surface area (Å²) < 4.78 is 15.7. The van der Waals surface area contributed by atoms with Crippen LogP contribution in [-0.2, 0) is 19.0 Å². The average molecular weight is 299 g/mol. The number of methoxy groups -OCH3 is 1. The highest BCUT2D eigenvalue weighted by molar-refractivity contribution is 5.82. The molecule has 6 nitrogen and oxygen atoms in total. The van der Waals surface area contributed by atoms with Gasteiger partial charge in [-0.3, -0.25) is 4.90 Å². The zero-order chi connectivity index (χ0) is 16.0. The molecular weight excluding hydrogens is 274 g/mol. The Kier molecular flexibility index (Phi) is 6.20. The van der Waals surface area contributed by atoms with Crippen molar-refractivity contribution in [1.29, 1.82) is 0 Å². The highest BCUT2D eigenvalue weighted by Gasteiger charge is 2.42. The van der Waals surface area contributed by atoms with Gasteiger partial charge in [-0.1, -0.05) is 6.08 Å². The summed E-state index contributed by atoms with van der Waals surface area (Å²) in [5, 5.41) is 0. The summed E-state index contributed by atoms with van der Waals surface area (Å²) in [7, 11) is 1.31. The first-order valence-corrected chi connectivity index (χ1v) is 7.08. The standard InChI is InChI=1S/C15H25NO5/c1-6-7-8-20-11-9-12(13(17)19-5)16(10-11)14(18)21-15(2,3)4/h6,11-12H,1,7-10H2,2-5H3. The van der Waals surface area contributed by atoms with Gasteiger partial charge in [0.1, 0.15) is 11.6 Å². The number of carbonyl (C=O) groups is 2. The number of amides is 1. The summed E-state index contributed by atoms with van der Waals surface area (Å²) in [6, 6.07) is -0.654. The summed E-state index contributed by atoms with van der Waals surface area (Å²) in [5.74, 6) is -0.448. The van der Waals surface area contributed by atoms with Crippen LogP contribution >= 0.6 is 0 Å². The van der Waals surface area contributed by atoms with Crippen LogP contribution in [0.1, 0.15) is 33.6 Å². The van der Waals surface area contributed by atoms with E-state index in [9.17, 15) is 9.59 Å². The van der Waals surface area contributed by atoms with Crippen molar-refractivity contribution in [3.8, 4) is 0 Å². The van der Waals surface area contributed by atoms with Gasteiger partial charge in [0, 0.05) is 6.42 Å². The third-order valence-electron chi connectivity index (χ3n) is 3.04. The smallest absolute Gasteiger partial charge is 0.411 e. The third-order valence-corrected chi connectivity index (χ3v) is 3.04. The Hall–Kier alpha value is -1.56. The van der Waals surface area contributed by atoms with Gasteiger partial charge in [0.2, 0.25) is 0 Å². The minimum Gasteiger partial charge on any atom is -0.467 e. The normalized spacial score (nSPS) is 22.0. The summed E-state index contributed by atoms with van der Waals surface area (Å²) >= 11 is 0. The van der Waals surface area contributed by atoms with E-state index >= 15 is 0 Å². The first-order chi connectivity index (χ1) is 9.78. The second-order valence-electron chi connectivity index (χ2n) is 5.98. The van der Waals surface area contributed by atoms with Crippen LogP contribution in [0.3, 0.4) is 0 Å². The predicted molar refractivity (Wildman–Crippen MR) is 77.9 cm³/mol. The second-order valence-corrected chi connectivity index (χ2v) is 5.98. The van der Waals surface area contributed by atoms with Crippen molar-refractivity contribution in [3.63, 3.8) is 0 Å². The van der Waals surface area contributed by atoms with Gasteiger partial charge in [-0.2, -0.15) is 0 Å². The number of esters is 1. The maximum atomic E-state index is 12.2. The fourth-order valence-electron chi connectivity index (χ4n) is 2.12. The molecule has 1 fully saturated rings. The number of ether oxygens (including phenoxy) is 3. The lowest BCUT2D eigenvalue weighted by atomic mass is 10.2. The minimum atomic E-state index is -0.654. The van der Waals surface area contributed by atoms with E-state index in [1.54, 1.807) is 26.8 Å². The Bertz CT molecular complexity index is 388. The largest absolute Gasteiger partial charge is 0.467 e. The lowest BCUT2D eigenvalue weighted by Gasteiger charge is -2.27. The van der Waals surface area contributed by atoms with Crippen LogP contribution in [0.25, 0.3) is 0 Å². The first-order valence-electron chi connectivity index (χ1n) is 7.08. The van der Waals surface area contributed by atoms with Gasteiger partial charge in [0.25, 0.3) is 0 Å². The number of carbonyl (C=O) groups excluding carboxylic acids is 2. The van der Waals surface area contributed by atoms with Crippen LogP contribution in [-0.4, -0.2) is 55.0 Å². The third kappa shape index (κ3) is 5.38. The van der Waals surface area contributed by atoms with Crippen molar-refractivity contribution in [3.05, 3.63) is 12.7 Å². The van der Waals surface area contributed by atoms with E-state index in [4.69, 9.17) is 14.2 Å². The lowest BCUT2D eigenvalue weighted by Crippen LogP contribution is -2.44. The highest BCUT2D eigenvalue weighted by Crippen LogP contribution is 2.24. The minimum absolute atomic E-state index is 0.193. The van der Waals surface area contributed by atoms with Gasteiger partial charge in [0.15, 0.2) is 0 Å². The zero-order valence-electron chi connectivity index (χ0n) is 13.3. The van der Waals surface area contributed by atoms with E-state index in [2.05, 4.69) is 6.58 Å². The van der Waals surface area contributed by atoms with Gasteiger partial charge < -0.3 is 14.2 Å². The maximum Gasteiger partial charge on any atom is 0.411 e. The quantitative estimate of drug-likeness (QED) is 0.442. The van der Waals surface area contributed by atoms with Crippen LogP contribution < -0.4 is 0 Å². The van der Waals surface area contributed by atoms with Crippen molar-refractivity contribution < 1.29 is 23.8 Å². The molecule has 120 valence electrons. The molecule has 1 amide bonds. The number of likely N-dealkylation sites (tertiary alicyclic amines) is 1. The zero-order valence-corrected chi connectivity index (χ0v) is 13.3. The Morgan fingerprint density at radius 2 is 2.05 bits per heavy atom. The van der Waals surface area contributed by atoms with Crippen molar-refractivity contribution >= 4 is 12.1 Å². The van der Waals surface area contributed by atoms with Crippen LogP contribution in [0.15, 0.2) is 12.7 Å². The first kappa shape index (κ1) is 17.5. The molecule has 2 unspecified atom stereocenters. The molecule has 0 N–H and O–H groups in total. The fourth-order valence-corrected chi connectivity index (χ4v) is 2.12. The molecule has 0 aliphatic carbocycles. The molecule has 0 radical (unpaired) electrons. The van der Waals surface area contributed by atoms with Crippen molar-refractivity contribution in [2.24, 2.45) is 0 Å². The van der Waals surface area contributed by atoms with Crippen molar-refractivity contribution in [2.45, 2.75) is 51.4 Å². The number of hydrogen-bond acceptors (Lipinski definition) is 5. The fraction of sp³-hybridized carbons (Fsp3) is 0.733. The molecule has 6 heteroatoms. The monoisotopic (exact) mass is 299 g/mol. The van der Waals surface area contributed by atoms with Crippen LogP contribution in [0.2, 0.25) is 0 Å². The van der Waals surface area contributed by atoms with E-state index in [1.807, 2.05) is 0 Å². The van der Waals surface area contributed by atoms with Gasteiger partial charge >= 0.3 is 12.1 Å². The molecule has 0 aromatic heterocycles. The Balaban J connectivity index is 2.71. The molecule has 2 atom stereocenters. The van der Waals surface area contributed by atoms with Gasteiger partial charge in [-0.05, 0) is 27.2 Å². The molecule has 1 aliphatic heterocycles. The molecule has 1 heterocycles. The molecule has 0 aromatic carbocycles. The second kappa shape index (κ2) is 7.45. The topological polar surface area (TPSA) is 65.1 Å². The van der Waals surface area contributed by atoms with Crippen molar-refractivity contribution in [1.82, 2.24) is 4.90 Å². The van der Waals surface area contributed by atoms with E-state index < -0.39 is 23.7 Å². The Morgan fingerprint density at radius 1 is 1.38 bits per heavy atom. The van der Waals surface area contributed by atoms with Gasteiger partial charge in [0.05, 0.1) is 26.4 Å². The lowest BCUT2D eigenvalue weighted by molar-refractivity contribution is -0.145. The summed E-state index contributed by atoms with van der Waals surface area (Å²) in [5.41, 5.74) is -0.612. The van der Waals surface area contributed by atoms with Crippen molar-refractivity contribution in [2.75, 3.05) is 20.3 Å². The molecule has 1 rings (SSSR count). The molecule has 0 saturated carbocycles. The maximum absolute atomic E-state index is 12.2. The predicted octanol–water partition coefficient (Wildman–Crippen LogP) is 2.13. The summed E-state index contributed by atoms with van der Waals surface area (Å²) in [6.07, 6.45) is 2.20. The van der Waals surface area contributed by atoms with E-state index in [0.717, 1.165) is 6.42 Å². The summed E-state index contributed by atoms with van der Waals surface area (Å²) in [4.78, 5) is 25.4. The Labute approximate surface area is 126 Å². The Morgan fingerprint density at radius 3 is 2.57 bits per heavy atom. The number of nitrogens with zero attached hydrogens (tertiary/aromatic N) is 1. The van der Waals surface area contributed by atoms with E-state index in [0.29, 0.717) is 19.6 Å². The van der Waals surface area contributed by atoms with Crippen LogP contribution in [0, 0.1) is 0 Å². The number of rotatable bonds is 5. The molecule has 1 saturated heterocycles. The van der Waals surface area contributed by atoms with Gasteiger partial charge in [-0.15, -0.1) is 6.58 Å². The molecule has 0 bridgehead atoms. The molecule has 1 aliphatic rings. The average Bonchev–Trinajstić information content (AvgIpc) is 2.80. The van der Waals surface area contributed by atoms with E-state index in [-0.39, 0.29) is 6.10 Å². The van der Waals surface area contributed by atoms with Crippen LogP contribution in [0.4, 0.5) is 4.79 Å². The number of hydrogen-bond donors (Lipinski definition) is 0.